The summed E-state index contributed by atoms with van der Waals surface area (Å²) in [7, 11) is 0. The van der Waals surface area contributed by atoms with Crippen LogP contribution in [0.2, 0.25) is 0 Å². The maximum atomic E-state index is 9.83. The summed E-state index contributed by atoms with van der Waals surface area (Å²) in [5.41, 5.74) is 0.854. The molecule has 58 valence electrons. The summed E-state index contributed by atoms with van der Waals surface area (Å²) in [4.78, 5) is 9.83. The number of nitrogens with one attached hydrogen (secondary N) is 1. The smallest absolute Gasteiger partial charge is 0.216 e. The first-order chi connectivity index (χ1) is 5.43. The second-order valence-corrected chi connectivity index (χ2v) is 2.55. The number of carbonyl (C=O) groups is 1. The summed E-state index contributed by atoms with van der Waals surface area (Å²) in [6.07, 6.45) is 2.25. The van der Waals surface area contributed by atoms with Gasteiger partial charge in [0.2, 0.25) is 6.41 Å². The lowest BCUT2D eigenvalue weighted by Crippen LogP contribution is -1.99. The third kappa shape index (κ3) is 2.99. The van der Waals surface area contributed by atoms with E-state index in [-0.39, 0.29) is 0 Å². The van der Waals surface area contributed by atoms with Crippen molar-refractivity contribution < 1.29 is 4.79 Å². The Labute approximate surface area is 68.5 Å². The Morgan fingerprint density at radius 1 is 1.73 bits per heavy atom. The third-order valence-corrected chi connectivity index (χ3v) is 1.68. The van der Waals surface area contributed by atoms with Gasteiger partial charge in [0.15, 0.2) is 0 Å². The van der Waals surface area contributed by atoms with Crippen molar-refractivity contribution in [3.8, 4) is 0 Å². The van der Waals surface area contributed by atoms with Crippen LogP contribution in [0.5, 0.6) is 0 Å². The number of hydrogen-bond acceptors (Lipinski definition) is 4. The van der Waals surface area contributed by atoms with E-state index in [0.717, 1.165) is 5.69 Å². The van der Waals surface area contributed by atoms with Crippen LogP contribution < -0.4 is 4.72 Å². The van der Waals surface area contributed by atoms with Crippen molar-refractivity contribution in [2.45, 2.75) is 5.75 Å². The molecule has 0 atom stereocenters. The zero-order valence-corrected chi connectivity index (χ0v) is 6.54. The number of carbonyl (C=O) groups excluding carboxylic acids is 1. The standard InChI is InChI=1S/C6H7N3OS/c10-5-8-11-4-6-2-1-3-7-9-6/h1-3,5H,4H2,(H,8,10). The van der Waals surface area contributed by atoms with Crippen molar-refractivity contribution in [1.29, 1.82) is 0 Å². The summed E-state index contributed by atoms with van der Waals surface area (Å²) < 4.78 is 2.47. The van der Waals surface area contributed by atoms with E-state index in [1.54, 1.807) is 6.20 Å². The van der Waals surface area contributed by atoms with Gasteiger partial charge in [-0.3, -0.25) is 4.79 Å². The van der Waals surface area contributed by atoms with Gasteiger partial charge in [-0.1, -0.05) is 0 Å². The van der Waals surface area contributed by atoms with Crippen LogP contribution in [0.1, 0.15) is 5.69 Å². The fraction of sp³-hybridized carbons (Fsp3) is 0.167. The number of rotatable bonds is 4. The van der Waals surface area contributed by atoms with Gasteiger partial charge in [0, 0.05) is 6.20 Å². The first-order valence-corrected chi connectivity index (χ1v) is 3.99. The van der Waals surface area contributed by atoms with Crippen molar-refractivity contribution in [3.63, 3.8) is 0 Å². The van der Waals surface area contributed by atoms with Gasteiger partial charge in [0.05, 0.1) is 11.4 Å². The number of amides is 1. The quantitative estimate of drug-likeness (QED) is 0.402. The highest BCUT2D eigenvalue weighted by Crippen LogP contribution is 2.02. The maximum absolute atomic E-state index is 9.83. The molecule has 0 spiro atoms. The van der Waals surface area contributed by atoms with E-state index >= 15 is 0 Å². The molecular weight excluding hydrogens is 162 g/mol. The zero-order chi connectivity index (χ0) is 7.94. The van der Waals surface area contributed by atoms with Gasteiger partial charge in [-0.25, -0.2) is 0 Å². The molecule has 0 radical (unpaired) electrons. The Hall–Kier alpha value is -1.10. The Kier molecular flexibility index (Phi) is 3.40. The largest absolute Gasteiger partial charge is 0.302 e. The fourth-order valence-corrected chi connectivity index (χ4v) is 1.01. The predicted octanol–water partition coefficient (Wildman–Crippen LogP) is 0.371. The molecule has 0 fully saturated rings. The molecule has 11 heavy (non-hydrogen) atoms. The van der Waals surface area contributed by atoms with Gasteiger partial charge in [0.1, 0.15) is 0 Å². The average Bonchev–Trinajstić information content (AvgIpc) is 2.07. The highest BCUT2D eigenvalue weighted by molar-refractivity contribution is 7.97. The van der Waals surface area contributed by atoms with Crippen molar-refractivity contribution in [1.82, 2.24) is 14.9 Å². The van der Waals surface area contributed by atoms with E-state index in [2.05, 4.69) is 14.9 Å². The van der Waals surface area contributed by atoms with Crippen LogP contribution >= 0.6 is 11.9 Å². The summed E-state index contributed by atoms with van der Waals surface area (Å²) in [5.74, 6) is 0.645. The maximum Gasteiger partial charge on any atom is 0.216 e. The summed E-state index contributed by atoms with van der Waals surface area (Å²) in [6.45, 7) is 0. The van der Waals surface area contributed by atoms with Crippen LogP contribution in [0.15, 0.2) is 18.3 Å². The van der Waals surface area contributed by atoms with Gasteiger partial charge in [0.25, 0.3) is 0 Å². The molecule has 0 saturated heterocycles. The lowest BCUT2D eigenvalue weighted by molar-refractivity contribution is -0.107. The summed E-state index contributed by atoms with van der Waals surface area (Å²) in [6, 6.07) is 3.66. The van der Waals surface area contributed by atoms with Crippen LogP contribution in [0, 0.1) is 0 Å². The van der Waals surface area contributed by atoms with Crippen molar-refractivity contribution >= 4 is 18.4 Å². The van der Waals surface area contributed by atoms with Gasteiger partial charge < -0.3 is 4.72 Å². The molecule has 0 aliphatic rings. The molecule has 1 amide bonds. The van der Waals surface area contributed by atoms with E-state index in [1.165, 1.54) is 11.9 Å². The fourth-order valence-electron chi connectivity index (χ4n) is 0.560. The van der Waals surface area contributed by atoms with E-state index in [4.69, 9.17) is 0 Å². The molecule has 0 aliphatic carbocycles. The molecule has 0 saturated carbocycles. The second-order valence-electron chi connectivity index (χ2n) is 1.74. The highest BCUT2D eigenvalue weighted by Gasteiger charge is 1.91. The molecule has 1 aromatic rings. The van der Waals surface area contributed by atoms with Crippen molar-refractivity contribution in [3.05, 3.63) is 24.0 Å². The van der Waals surface area contributed by atoms with Gasteiger partial charge >= 0.3 is 0 Å². The lowest BCUT2D eigenvalue weighted by Gasteiger charge is -1.95. The lowest BCUT2D eigenvalue weighted by atomic mass is 10.4. The minimum Gasteiger partial charge on any atom is -0.302 e. The molecule has 1 aromatic heterocycles. The first-order valence-electron chi connectivity index (χ1n) is 3.01. The number of aromatic nitrogens is 2. The second kappa shape index (κ2) is 4.68. The van der Waals surface area contributed by atoms with E-state index in [1.807, 2.05) is 12.1 Å². The topological polar surface area (TPSA) is 54.9 Å². The number of nitrogens with zero attached hydrogens (tertiary/aromatic N) is 2. The Morgan fingerprint density at radius 2 is 2.64 bits per heavy atom. The van der Waals surface area contributed by atoms with E-state index in [0.29, 0.717) is 12.2 Å². The minimum absolute atomic E-state index is 0.640. The molecular formula is C6H7N3OS. The Morgan fingerprint density at radius 3 is 3.27 bits per heavy atom. The predicted molar refractivity (Wildman–Crippen MR) is 42.5 cm³/mol. The molecule has 0 bridgehead atoms. The highest BCUT2D eigenvalue weighted by atomic mass is 32.2. The number of hydrogen-bond donors (Lipinski definition) is 1. The molecule has 4 nitrogen and oxygen atoms in total. The van der Waals surface area contributed by atoms with Crippen molar-refractivity contribution in [2.24, 2.45) is 0 Å². The Balaban J connectivity index is 2.33. The summed E-state index contributed by atoms with van der Waals surface area (Å²) in [5, 5.41) is 7.51. The molecule has 1 N–H and O–H groups in total. The van der Waals surface area contributed by atoms with E-state index in [9.17, 15) is 4.79 Å². The van der Waals surface area contributed by atoms with Crippen LogP contribution in [0.25, 0.3) is 0 Å². The summed E-state index contributed by atoms with van der Waals surface area (Å²) >= 11 is 1.29. The normalized spacial score (nSPS) is 9.09. The molecule has 1 rings (SSSR count). The van der Waals surface area contributed by atoms with E-state index < -0.39 is 0 Å². The van der Waals surface area contributed by atoms with Gasteiger partial charge in [-0.05, 0) is 24.1 Å². The zero-order valence-electron chi connectivity index (χ0n) is 5.73. The van der Waals surface area contributed by atoms with Crippen LogP contribution in [0.4, 0.5) is 0 Å². The van der Waals surface area contributed by atoms with Crippen LogP contribution in [-0.2, 0) is 10.5 Å². The molecule has 0 aliphatic heterocycles. The Bertz CT molecular complexity index is 216. The molecule has 5 heteroatoms. The monoisotopic (exact) mass is 169 g/mol. The third-order valence-electron chi connectivity index (χ3n) is 0.979. The van der Waals surface area contributed by atoms with Crippen molar-refractivity contribution in [2.75, 3.05) is 0 Å². The minimum atomic E-state index is 0.640. The van der Waals surface area contributed by atoms with Gasteiger partial charge in [-0.15, -0.1) is 0 Å². The van der Waals surface area contributed by atoms with Gasteiger partial charge in [-0.2, -0.15) is 10.2 Å². The molecule has 1 heterocycles. The van der Waals surface area contributed by atoms with Crippen LogP contribution in [-0.4, -0.2) is 16.6 Å². The SMILES string of the molecule is O=CNSCc1cccnn1. The molecule has 0 unspecified atom stereocenters. The average molecular weight is 169 g/mol. The first kappa shape index (κ1) is 8.00. The van der Waals surface area contributed by atoms with Crippen LogP contribution in [0.3, 0.4) is 0 Å². The molecule has 0 aromatic carbocycles.